The van der Waals surface area contributed by atoms with Gasteiger partial charge in [-0.25, -0.2) is 0 Å². The first-order valence-corrected chi connectivity index (χ1v) is 6.35. The summed E-state index contributed by atoms with van der Waals surface area (Å²) in [5.74, 6) is -0.0129. The van der Waals surface area contributed by atoms with Crippen molar-refractivity contribution in [3.8, 4) is 0 Å². The van der Waals surface area contributed by atoms with Crippen molar-refractivity contribution in [2.45, 2.75) is 31.4 Å². The van der Waals surface area contributed by atoms with Crippen LogP contribution in [0.25, 0.3) is 0 Å². The number of hydrogen-bond acceptors (Lipinski definition) is 3. The summed E-state index contributed by atoms with van der Waals surface area (Å²) in [6, 6.07) is 0.207. The molecular formula is C10H16F3N3S. The van der Waals surface area contributed by atoms with Gasteiger partial charge in [-0.1, -0.05) is 6.92 Å². The highest BCUT2D eigenvalue weighted by Gasteiger charge is 2.27. The van der Waals surface area contributed by atoms with Crippen LogP contribution in [0, 0.1) is 0 Å². The van der Waals surface area contributed by atoms with Crippen LogP contribution in [0.15, 0.2) is 12.4 Å². The number of aromatic nitrogens is 2. The first-order chi connectivity index (χ1) is 7.96. The summed E-state index contributed by atoms with van der Waals surface area (Å²) in [5, 5.41) is 7.17. The van der Waals surface area contributed by atoms with Crippen LogP contribution in [0.3, 0.4) is 0 Å². The molecule has 1 atom stereocenters. The normalized spacial score (nSPS) is 13.9. The number of alkyl halides is 3. The fraction of sp³-hybridized carbons (Fsp3) is 0.700. The van der Waals surface area contributed by atoms with E-state index in [0.29, 0.717) is 0 Å². The van der Waals surface area contributed by atoms with E-state index < -0.39 is 5.51 Å². The average Bonchev–Trinajstić information content (AvgIpc) is 2.67. The third-order valence-electron chi connectivity index (χ3n) is 2.40. The maximum absolute atomic E-state index is 11.9. The minimum Gasteiger partial charge on any atom is -0.313 e. The average molecular weight is 267 g/mol. The van der Waals surface area contributed by atoms with Gasteiger partial charge in [0.2, 0.25) is 0 Å². The van der Waals surface area contributed by atoms with Crippen LogP contribution in [-0.4, -0.2) is 28.1 Å². The molecule has 1 aromatic rings. The molecular weight excluding hydrogens is 251 g/mol. The Kier molecular flexibility index (Phi) is 5.32. The SMILES string of the molecule is CCC(NC)c1cnn(CCSC(F)(F)F)c1. The van der Waals surface area contributed by atoms with E-state index in [1.54, 1.807) is 17.1 Å². The van der Waals surface area contributed by atoms with Crippen molar-refractivity contribution in [1.29, 1.82) is 0 Å². The Morgan fingerprint density at radius 2 is 2.24 bits per heavy atom. The molecule has 1 rings (SSSR count). The molecule has 98 valence electrons. The molecule has 0 amide bonds. The van der Waals surface area contributed by atoms with Gasteiger partial charge in [-0.15, -0.1) is 0 Å². The van der Waals surface area contributed by atoms with Crippen LogP contribution in [0.4, 0.5) is 13.2 Å². The molecule has 0 aliphatic heterocycles. The monoisotopic (exact) mass is 267 g/mol. The molecule has 0 saturated heterocycles. The van der Waals surface area contributed by atoms with Crippen LogP contribution in [0.5, 0.6) is 0 Å². The van der Waals surface area contributed by atoms with Gasteiger partial charge in [-0.3, -0.25) is 4.68 Å². The molecule has 0 saturated carbocycles. The molecule has 17 heavy (non-hydrogen) atoms. The number of rotatable bonds is 6. The minimum absolute atomic E-state index is 0.0129. The van der Waals surface area contributed by atoms with E-state index in [0.717, 1.165) is 12.0 Å². The van der Waals surface area contributed by atoms with Crippen LogP contribution in [0.1, 0.15) is 24.9 Å². The third-order valence-corrected chi connectivity index (χ3v) is 3.11. The van der Waals surface area contributed by atoms with Gasteiger partial charge >= 0.3 is 5.51 Å². The van der Waals surface area contributed by atoms with Crippen molar-refractivity contribution < 1.29 is 13.2 Å². The van der Waals surface area contributed by atoms with E-state index in [1.165, 1.54) is 0 Å². The quantitative estimate of drug-likeness (QED) is 0.859. The molecule has 0 aromatic carbocycles. The second-order valence-corrected chi connectivity index (χ2v) is 4.74. The summed E-state index contributed by atoms with van der Waals surface area (Å²) < 4.78 is 37.3. The summed E-state index contributed by atoms with van der Waals surface area (Å²) in [6.45, 7) is 2.31. The summed E-state index contributed by atoms with van der Waals surface area (Å²) >= 11 is -0.0189. The van der Waals surface area contributed by atoms with E-state index in [4.69, 9.17) is 0 Å². The molecule has 7 heteroatoms. The number of thioether (sulfide) groups is 1. The highest BCUT2D eigenvalue weighted by atomic mass is 32.2. The van der Waals surface area contributed by atoms with Gasteiger partial charge in [0.1, 0.15) is 0 Å². The largest absolute Gasteiger partial charge is 0.441 e. The van der Waals surface area contributed by atoms with E-state index in [-0.39, 0.29) is 30.1 Å². The molecule has 0 fully saturated rings. The van der Waals surface area contributed by atoms with E-state index in [1.807, 2.05) is 14.0 Å². The lowest BCUT2D eigenvalue weighted by molar-refractivity contribution is -0.0328. The van der Waals surface area contributed by atoms with E-state index in [9.17, 15) is 13.2 Å². The van der Waals surface area contributed by atoms with Crippen molar-refractivity contribution in [2.24, 2.45) is 0 Å². The molecule has 0 radical (unpaired) electrons. The van der Waals surface area contributed by atoms with Gasteiger partial charge in [-0.2, -0.15) is 18.3 Å². The fourth-order valence-electron chi connectivity index (χ4n) is 1.54. The molecule has 0 bridgehead atoms. The number of halogens is 3. The van der Waals surface area contributed by atoms with Crippen LogP contribution >= 0.6 is 11.8 Å². The van der Waals surface area contributed by atoms with Gasteiger partial charge in [0.15, 0.2) is 0 Å². The van der Waals surface area contributed by atoms with E-state index >= 15 is 0 Å². The van der Waals surface area contributed by atoms with Crippen LogP contribution < -0.4 is 5.32 Å². The molecule has 1 unspecified atom stereocenters. The Morgan fingerprint density at radius 1 is 1.53 bits per heavy atom. The molecule has 1 N–H and O–H groups in total. The minimum atomic E-state index is -4.16. The summed E-state index contributed by atoms with van der Waals surface area (Å²) in [4.78, 5) is 0. The lowest BCUT2D eigenvalue weighted by atomic mass is 10.1. The summed E-state index contributed by atoms with van der Waals surface area (Å²) in [5.41, 5.74) is -3.15. The fourth-order valence-corrected chi connectivity index (χ4v) is 2.05. The number of nitrogens with zero attached hydrogens (tertiary/aromatic N) is 2. The summed E-state index contributed by atoms with van der Waals surface area (Å²) in [7, 11) is 1.85. The van der Waals surface area contributed by atoms with Gasteiger partial charge in [0.25, 0.3) is 0 Å². The predicted octanol–water partition coefficient (Wildman–Crippen LogP) is 2.81. The number of hydrogen-bond donors (Lipinski definition) is 1. The van der Waals surface area contributed by atoms with Crippen molar-refractivity contribution in [2.75, 3.05) is 12.8 Å². The van der Waals surface area contributed by atoms with Crippen molar-refractivity contribution >= 4 is 11.8 Å². The second kappa shape index (κ2) is 6.30. The maximum atomic E-state index is 11.9. The number of aryl methyl sites for hydroxylation is 1. The molecule has 0 spiro atoms. The Balaban J connectivity index is 2.46. The van der Waals surface area contributed by atoms with Crippen molar-refractivity contribution in [3.63, 3.8) is 0 Å². The molecule has 0 aliphatic carbocycles. The Labute approximate surface area is 103 Å². The van der Waals surface area contributed by atoms with Crippen molar-refractivity contribution in [3.05, 3.63) is 18.0 Å². The molecule has 3 nitrogen and oxygen atoms in total. The van der Waals surface area contributed by atoms with E-state index in [2.05, 4.69) is 10.4 Å². The van der Waals surface area contributed by atoms with Gasteiger partial charge < -0.3 is 5.32 Å². The zero-order valence-electron chi connectivity index (χ0n) is 9.79. The zero-order valence-corrected chi connectivity index (χ0v) is 10.6. The maximum Gasteiger partial charge on any atom is 0.441 e. The summed E-state index contributed by atoms with van der Waals surface area (Å²) in [6.07, 6.45) is 4.41. The Bertz CT molecular complexity index is 334. The zero-order chi connectivity index (χ0) is 12.9. The lowest BCUT2D eigenvalue weighted by Crippen LogP contribution is -2.14. The van der Waals surface area contributed by atoms with Gasteiger partial charge in [0, 0.05) is 23.6 Å². The van der Waals surface area contributed by atoms with Crippen LogP contribution in [0.2, 0.25) is 0 Å². The first-order valence-electron chi connectivity index (χ1n) is 5.36. The van der Waals surface area contributed by atoms with Crippen LogP contribution in [-0.2, 0) is 6.54 Å². The smallest absolute Gasteiger partial charge is 0.313 e. The lowest BCUT2D eigenvalue weighted by Gasteiger charge is -2.10. The Morgan fingerprint density at radius 3 is 2.76 bits per heavy atom. The molecule has 1 aromatic heterocycles. The highest BCUT2D eigenvalue weighted by Crippen LogP contribution is 2.30. The Hall–Kier alpha value is -0.690. The van der Waals surface area contributed by atoms with Gasteiger partial charge in [-0.05, 0) is 25.2 Å². The first kappa shape index (κ1) is 14.4. The standard InChI is InChI=1S/C10H16F3N3S/c1-3-9(14-2)8-6-15-16(7-8)4-5-17-10(11,12)13/h6-7,9,14H,3-5H2,1-2H3. The highest BCUT2D eigenvalue weighted by molar-refractivity contribution is 8.00. The van der Waals surface area contributed by atoms with Gasteiger partial charge in [0.05, 0.1) is 12.7 Å². The second-order valence-electron chi connectivity index (χ2n) is 3.58. The third kappa shape index (κ3) is 4.99. The number of nitrogens with one attached hydrogen (secondary N) is 1. The van der Waals surface area contributed by atoms with Crippen molar-refractivity contribution in [1.82, 2.24) is 15.1 Å². The predicted molar refractivity (Wildman–Crippen MR) is 62.8 cm³/mol. The molecule has 0 aliphatic rings. The molecule has 1 heterocycles. The topological polar surface area (TPSA) is 29.9 Å².